The van der Waals surface area contributed by atoms with E-state index in [2.05, 4.69) is 31.2 Å². The lowest BCUT2D eigenvalue weighted by atomic mass is 10.1. The minimum atomic E-state index is -0.568. The van der Waals surface area contributed by atoms with E-state index in [-0.39, 0.29) is 21.9 Å². The average molecular weight is 471 g/mol. The first-order chi connectivity index (χ1) is 13.9. The monoisotopic (exact) mass is 470 g/mol. The molecular weight excluding hydrogens is 460 g/mol. The van der Waals surface area contributed by atoms with Gasteiger partial charge in [0.1, 0.15) is 5.75 Å². The smallest absolute Gasteiger partial charge is 0.270 e. The Morgan fingerprint density at radius 3 is 2.90 bits per heavy atom. The van der Waals surface area contributed by atoms with Gasteiger partial charge in [-0.2, -0.15) is 0 Å². The molecule has 8 nitrogen and oxygen atoms in total. The number of aromatic hydroxyl groups is 1. The van der Waals surface area contributed by atoms with Crippen molar-refractivity contribution in [3.05, 3.63) is 73.7 Å². The fourth-order valence-electron chi connectivity index (χ4n) is 2.72. The predicted octanol–water partition coefficient (Wildman–Crippen LogP) is 4.50. The molecular formula is C19H11BrN4O4S. The van der Waals surface area contributed by atoms with Crippen LogP contribution in [0.4, 0.5) is 11.4 Å². The molecule has 29 heavy (non-hydrogen) atoms. The molecule has 2 aromatic carbocycles. The van der Waals surface area contributed by atoms with Gasteiger partial charge in [-0.05, 0) is 42.1 Å². The highest BCUT2D eigenvalue weighted by Gasteiger charge is 2.25. The number of nitro groups is 1. The summed E-state index contributed by atoms with van der Waals surface area (Å²) < 4.78 is 0.884. The molecule has 4 rings (SSSR count). The summed E-state index contributed by atoms with van der Waals surface area (Å²) in [5, 5.41) is 24.8. The lowest BCUT2D eigenvalue weighted by Crippen LogP contribution is -2.19. The van der Waals surface area contributed by atoms with Crippen LogP contribution in [0.25, 0.3) is 17.0 Å². The topological polar surface area (TPSA) is 118 Å². The number of nitrogens with one attached hydrogen (secondary N) is 1. The molecule has 1 aliphatic rings. The number of thioether (sulfide) groups is 1. The van der Waals surface area contributed by atoms with Crippen molar-refractivity contribution in [3.63, 3.8) is 0 Å². The number of halogens is 1. The number of carbonyl (C=O) groups is 1. The molecule has 1 aromatic heterocycles. The summed E-state index contributed by atoms with van der Waals surface area (Å²) in [7, 11) is 0. The third-order valence-corrected chi connectivity index (χ3v) is 5.68. The Kier molecular flexibility index (Phi) is 5.03. The quantitative estimate of drug-likeness (QED) is 0.330. The number of benzene rings is 2. The van der Waals surface area contributed by atoms with Gasteiger partial charge in [0.25, 0.3) is 11.6 Å². The van der Waals surface area contributed by atoms with E-state index in [4.69, 9.17) is 0 Å². The molecule has 1 fully saturated rings. The summed E-state index contributed by atoms with van der Waals surface area (Å²) in [5.74, 6) is -0.570. The van der Waals surface area contributed by atoms with Crippen molar-refractivity contribution < 1.29 is 14.8 Å². The Hall–Kier alpha value is -3.24. The number of pyridine rings is 1. The standard InChI is InChI=1S/C19H11BrN4O4S/c20-13-4-5-14(17-12(13)2-1-7-21-17)22-19-23-18(26)16(29-19)9-10-8-11(24(27)28)3-6-15(10)25/h1-9,25H,(H,22,23,26)/b16-9-. The molecule has 1 aliphatic heterocycles. The number of rotatable bonds is 3. The van der Waals surface area contributed by atoms with E-state index >= 15 is 0 Å². The lowest BCUT2D eigenvalue weighted by molar-refractivity contribution is -0.384. The second-order valence-electron chi connectivity index (χ2n) is 5.95. The number of amidine groups is 1. The van der Waals surface area contributed by atoms with E-state index < -0.39 is 10.8 Å². The minimum absolute atomic E-state index is 0.162. The maximum atomic E-state index is 12.3. The first-order valence-electron chi connectivity index (χ1n) is 8.22. The summed E-state index contributed by atoms with van der Waals surface area (Å²) >= 11 is 4.55. The summed E-state index contributed by atoms with van der Waals surface area (Å²) in [6.07, 6.45) is 3.05. The molecule has 0 bridgehead atoms. The van der Waals surface area contributed by atoms with Gasteiger partial charge in [-0.15, -0.1) is 0 Å². The molecule has 1 amide bonds. The van der Waals surface area contributed by atoms with Gasteiger partial charge in [-0.1, -0.05) is 22.0 Å². The number of phenols is 1. The van der Waals surface area contributed by atoms with Gasteiger partial charge in [-0.25, -0.2) is 4.99 Å². The molecule has 2 N–H and O–H groups in total. The number of fused-ring (bicyclic) bond motifs is 1. The van der Waals surface area contributed by atoms with E-state index in [1.807, 2.05) is 18.2 Å². The number of amides is 1. The molecule has 1 saturated heterocycles. The highest BCUT2D eigenvalue weighted by atomic mass is 79.9. The first kappa shape index (κ1) is 19.1. The van der Waals surface area contributed by atoms with Gasteiger partial charge in [-0.3, -0.25) is 19.9 Å². The van der Waals surface area contributed by atoms with E-state index in [9.17, 15) is 20.0 Å². The van der Waals surface area contributed by atoms with Crippen LogP contribution in [0.15, 0.2) is 63.0 Å². The van der Waals surface area contributed by atoms with Crippen LogP contribution >= 0.6 is 27.7 Å². The van der Waals surface area contributed by atoms with Crippen molar-refractivity contribution in [3.8, 4) is 5.75 Å². The van der Waals surface area contributed by atoms with Crippen molar-refractivity contribution >= 4 is 67.1 Å². The molecule has 0 radical (unpaired) electrons. The summed E-state index contributed by atoms with van der Waals surface area (Å²) in [6, 6.07) is 11.0. The van der Waals surface area contributed by atoms with E-state index in [1.165, 1.54) is 24.3 Å². The van der Waals surface area contributed by atoms with Crippen LogP contribution in [0.5, 0.6) is 5.75 Å². The summed E-state index contributed by atoms with van der Waals surface area (Å²) in [5.41, 5.74) is 1.26. The number of nitro benzene ring substituents is 1. The van der Waals surface area contributed by atoms with Crippen molar-refractivity contribution in [2.75, 3.05) is 0 Å². The Morgan fingerprint density at radius 1 is 1.28 bits per heavy atom. The second-order valence-corrected chi connectivity index (χ2v) is 7.83. The van der Waals surface area contributed by atoms with Crippen molar-refractivity contribution in [1.82, 2.24) is 10.3 Å². The lowest BCUT2D eigenvalue weighted by Gasteiger charge is -2.03. The highest BCUT2D eigenvalue weighted by Crippen LogP contribution is 2.34. The van der Waals surface area contributed by atoms with Crippen LogP contribution in [0, 0.1) is 10.1 Å². The highest BCUT2D eigenvalue weighted by molar-refractivity contribution is 9.10. The van der Waals surface area contributed by atoms with Crippen LogP contribution in [0.1, 0.15) is 5.56 Å². The Morgan fingerprint density at radius 2 is 2.10 bits per heavy atom. The molecule has 3 aromatic rings. The summed E-state index contributed by atoms with van der Waals surface area (Å²) in [6.45, 7) is 0. The van der Waals surface area contributed by atoms with Gasteiger partial charge < -0.3 is 10.4 Å². The fourth-order valence-corrected chi connectivity index (χ4v) is 3.99. The molecule has 144 valence electrons. The maximum Gasteiger partial charge on any atom is 0.270 e. The second kappa shape index (κ2) is 7.64. The molecule has 0 spiro atoms. The van der Waals surface area contributed by atoms with Crippen LogP contribution in [-0.2, 0) is 4.79 Å². The van der Waals surface area contributed by atoms with Crippen molar-refractivity contribution in [1.29, 1.82) is 0 Å². The van der Waals surface area contributed by atoms with Crippen LogP contribution in [0.2, 0.25) is 0 Å². The van der Waals surface area contributed by atoms with Crippen LogP contribution in [-0.4, -0.2) is 26.1 Å². The number of nitrogens with zero attached hydrogens (tertiary/aromatic N) is 3. The van der Waals surface area contributed by atoms with Crippen molar-refractivity contribution in [2.45, 2.75) is 0 Å². The third-order valence-electron chi connectivity index (χ3n) is 4.08. The number of phenolic OH excluding ortho intramolecular Hbond substituents is 1. The molecule has 2 heterocycles. The summed E-state index contributed by atoms with van der Waals surface area (Å²) in [4.78, 5) is 31.8. The first-order valence-corrected chi connectivity index (χ1v) is 9.83. The zero-order valence-corrected chi connectivity index (χ0v) is 16.9. The third kappa shape index (κ3) is 3.84. The van der Waals surface area contributed by atoms with Gasteiger partial charge in [0.2, 0.25) is 0 Å². The fraction of sp³-hybridized carbons (Fsp3) is 0. The Labute approximate surface area is 176 Å². The maximum absolute atomic E-state index is 12.3. The Balaban J connectivity index is 1.69. The molecule has 0 atom stereocenters. The van der Waals surface area contributed by atoms with Gasteiger partial charge in [0.05, 0.1) is 21.0 Å². The number of non-ortho nitro benzene ring substituents is 1. The zero-order valence-electron chi connectivity index (χ0n) is 14.5. The average Bonchev–Trinajstić information content (AvgIpc) is 3.04. The SMILES string of the molecule is O=C1NC(=Nc2ccc(Br)c3cccnc23)S/C1=C\c1cc([N+](=O)[O-])ccc1O. The molecule has 10 heteroatoms. The number of hydrogen-bond acceptors (Lipinski definition) is 7. The number of carbonyl (C=O) groups excluding carboxylic acids is 1. The predicted molar refractivity (Wildman–Crippen MR) is 115 cm³/mol. The molecule has 0 unspecified atom stereocenters. The van der Waals surface area contributed by atoms with E-state index in [0.29, 0.717) is 16.4 Å². The van der Waals surface area contributed by atoms with Crippen LogP contribution in [0.3, 0.4) is 0 Å². The number of aliphatic imine (C=N–C) groups is 1. The van der Waals surface area contributed by atoms with Gasteiger partial charge in [0.15, 0.2) is 5.17 Å². The van der Waals surface area contributed by atoms with E-state index in [0.717, 1.165) is 21.6 Å². The molecule has 0 aliphatic carbocycles. The normalized spacial score (nSPS) is 16.5. The van der Waals surface area contributed by atoms with Crippen LogP contribution < -0.4 is 5.32 Å². The van der Waals surface area contributed by atoms with Gasteiger partial charge in [0, 0.05) is 33.8 Å². The Bertz CT molecular complexity index is 1240. The van der Waals surface area contributed by atoms with E-state index in [1.54, 1.807) is 12.3 Å². The zero-order chi connectivity index (χ0) is 20.5. The van der Waals surface area contributed by atoms with Crippen molar-refractivity contribution in [2.24, 2.45) is 4.99 Å². The number of aromatic nitrogens is 1. The minimum Gasteiger partial charge on any atom is -0.507 e. The number of hydrogen-bond donors (Lipinski definition) is 2. The largest absolute Gasteiger partial charge is 0.507 e. The van der Waals surface area contributed by atoms with Gasteiger partial charge >= 0.3 is 0 Å². The molecule has 0 saturated carbocycles.